The normalized spacial score (nSPS) is 12.2. The molecule has 1 amide bonds. The Labute approximate surface area is 101 Å². The van der Waals surface area contributed by atoms with Gasteiger partial charge >= 0.3 is 0 Å². The maximum Gasteiger partial charge on any atom is 0.252 e. The minimum Gasteiger partial charge on any atom is -0.399 e. The molecule has 16 heavy (non-hydrogen) atoms. The lowest BCUT2D eigenvalue weighted by Gasteiger charge is -2.10. The highest BCUT2D eigenvalue weighted by Crippen LogP contribution is 2.19. The Morgan fingerprint density at radius 2 is 2.25 bits per heavy atom. The third-order valence-electron chi connectivity index (χ3n) is 1.94. The van der Waals surface area contributed by atoms with E-state index >= 15 is 0 Å². The van der Waals surface area contributed by atoms with Gasteiger partial charge in [0.2, 0.25) is 0 Å². The van der Waals surface area contributed by atoms with E-state index in [0.717, 1.165) is 0 Å². The van der Waals surface area contributed by atoms with Gasteiger partial charge in [0.1, 0.15) is 0 Å². The first-order chi connectivity index (χ1) is 7.54. The minimum atomic E-state index is -0.955. The molecule has 0 aromatic heterocycles. The van der Waals surface area contributed by atoms with Crippen molar-refractivity contribution in [2.24, 2.45) is 0 Å². The molecule has 1 rings (SSSR count). The molecule has 0 bridgehead atoms. The first kappa shape index (κ1) is 13.0. The Morgan fingerprint density at radius 1 is 1.56 bits per heavy atom. The summed E-state index contributed by atoms with van der Waals surface area (Å²) >= 11 is 3.23. The molecule has 0 aliphatic heterocycles. The van der Waals surface area contributed by atoms with Gasteiger partial charge in [-0.05, 0) is 34.1 Å². The molecule has 1 atom stereocenters. The number of amides is 1. The minimum absolute atomic E-state index is 0.00340. The van der Waals surface area contributed by atoms with Crippen LogP contribution in [0.4, 0.5) is 5.69 Å². The summed E-state index contributed by atoms with van der Waals surface area (Å²) in [7, 11) is 0. The van der Waals surface area contributed by atoms with Crippen molar-refractivity contribution >= 4 is 27.5 Å². The molecular weight excluding hydrogens is 276 g/mol. The van der Waals surface area contributed by atoms with E-state index < -0.39 is 12.7 Å². The van der Waals surface area contributed by atoms with Crippen LogP contribution >= 0.6 is 15.9 Å². The SMILES string of the molecule is Nc1ccc(Br)c(C(=O)NCC(O)CO)c1. The van der Waals surface area contributed by atoms with Crippen LogP contribution in [0.3, 0.4) is 0 Å². The summed E-state index contributed by atoms with van der Waals surface area (Å²) in [5.41, 5.74) is 6.43. The van der Waals surface area contributed by atoms with Gasteiger partial charge in [0.05, 0.1) is 18.3 Å². The number of halogens is 1. The van der Waals surface area contributed by atoms with Gasteiger partial charge in [-0.15, -0.1) is 0 Å². The van der Waals surface area contributed by atoms with Crippen molar-refractivity contribution in [2.45, 2.75) is 6.10 Å². The Morgan fingerprint density at radius 3 is 2.88 bits per heavy atom. The third kappa shape index (κ3) is 3.48. The quantitative estimate of drug-likeness (QED) is 0.592. The summed E-state index contributed by atoms with van der Waals surface area (Å²) in [5.74, 6) is -0.355. The van der Waals surface area contributed by atoms with Gasteiger partial charge in [-0.2, -0.15) is 0 Å². The fourth-order valence-corrected chi connectivity index (χ4v) is 1.51. The average molecular weight is 289 g/mol. The molecule has 0 fully saturated rings. The Hall–Kier alpha value is -1.11. The number of nitrogens with one attached hydrogen (secondary N) is 1. The number of aliphatic hydroxyl groups excluding tert-OH is 2. The highest BCUT2D eigenvalue weighted by molar-refractivity contribution is 9.10. The number of nitrogens with two attached hydrogens (primary N) is 1. The number of aliphatic hydroxyl groups is 2. The first-order valence-corrected chi connectivity index (χ1v) is 5.46. The van der Waals surface area contributed by atoms with E-state index in [0.29, 0.717) is 15.7 Å². The summed E-state index contributed by atoms with van der Waals surface area (Å²) in [4.78, 5) is 11.6. The van der Waals surface area contributed by atoms with E-state index in [2.05, 4.69) is 21.2 Å². The number of nitrogen functional groups attached to an aromatic ring is 1. The van der Waals surface area contributed by atoms with Crippen molar-refractivity contribution < 1.29 is 15.0 Å². The van der Waals surface area contributed by atoms with Gasteiger partial charge in [0, 0.05) is 16.7 Å². The smallest absolute Gasteiger partial charge is 0.252 e. The van der Waals surface area contributed by atoms with E-state index in [4.69, 9.17) is 15.9 Å². The molecule has 1 unspecified atom stereocenters. The first-order valence-electron chi connectivity index (χ1n) is 4.66. The number of benzene rings is 1. The number of hydrogen-bond acceptors (Lipinski definition) is 4. The highest BCUT2D eigenvalue weighted by Gasteiger charge is 2.11. The molecule has 0 radical (unpaired) electrons. The van der Waals surface area contributed by atoms with Crippen LogP contribution < -0.4 is 11.1 Å². The maximum atomic E-state index is 11.6. The van der Waals surface area contributed by atoms with Crippen molar-refractivity contribution in [3.05, 3.63) is 28.2 Å². The van der Waals surface area contributed by atoms with Gasteiger partial charge in [-0.3, -0.25) is 4.79 Å². The van der Waals surface area contributed by atoms with Crippen molar-refractivity contribution in [2.75, 3.05) is 18.9 Å². The number of carbonyl (C=O) groups is 1. The van der Waals surface area contributed by atoms with E-state index in [-0.39, 0.29) is 12.5 Å². The fraction of sp³-hybridized carbons (Fsp3) is 0.300. The molecule has 0 saturated heterocycles. The van der Waals surface area contributed by atoms with Gasteiger partial charge in [0.15, 0.2) is 0 Å². The second-order valence-corrected chi connectivity index (χ2v) is 4.14. The summed E-state index contributed by atoms with van der Waals surface area (Å²) in [6.07, 6.45) is -0.955. The fourth-order valence-electron chi connectivity index (χ4n) is 1.09. The molecule has 1 aromatic carbocycles. The zero-order valence-electron chi connectivity index (χ0n) is 8.48. The Bertz CT molecular complexity index is 384. The van der Waals surface area contributed by atoms with Crippen LogP contribution in [-0.2, 0) is 0 Å². The zero-order valence-corrected chi connectivity index (χ0v) is 10.1. The number of hydrogen-bond donors (Lipinski definition) is 4. The topological polar surface area (TPSA) is 95.6 Å². The molecule has 5 nitrogen and oxygen atoms in total. The summed E-state index contributed by atoms with van der Waals surface area (Å²) in [6, 6.07) is 4.88. The van der Waals surface area contributed by atoms with Gasteiger partial charge in [-0.1, -0.05) is 0 Å². The van der Waals surface area contributed by atoms with E-state index in [1.807, 2.05) is 0 Å². The largest absolute Gasteiger partial charge is 0.399 e. The second-order valence-electron chi connectivity index (χ2n) is 3.29. The summed E-state index contributed by atoms with van der Waals surface area (Å²) < 4.78 is 0.623. The van der Waals surface area contributed by atoms with E-state index in [1.165, 1.54) is 6.07 Å². The monoisotopic (exact) mass is 288 g/mol. The lowest BCUT2D eigenvalue weighted by molar-refractivity contribution is 0.0801. The summed E-state index contributed by atoms with van der Waals surface area (Å²) in [5, 5.41) is 20.1. The van der Waals surface area contributed by atoms with Crippen molar-refractivity contribution in [3.63, 3.8) is 0 Å². The molecule has 5 N–H and O–H groups in total. The number of anilines is 1. The predicted molar refractivity (Wildman–Crippen MR) is 64.0 cm³/mol. The molecule has 0 spiro atoms. The van der Waals surface area contributed by atoms with Crippen LogP contribution in [0.25, 0.3) is 0 Å². The second kappa shape index (κ2) is 5.83. The molecular formula is C10H13BrN2O3. The van der Waals surface area contributed by atoms with Gasteiger partial charge in [-0.25, -0.2) is 0 Å². The molecule has 0 heterocycles. The number of rotatable bonds is 4. The van der Waals surface area contributed by atoms with Crippen LogP contribution in [0.5, 0.6) is 0 Å². The van der Waals surface area contributed by atoms with Crippen molar-refractivity contribution in [3.8, 4) is 0 Å². The molecule has 88 valence electrons. The lowest BCUT2D eigenvalue weighted by atomic mass is 10.2. The van der Waals surface area contributed by atoms with Crippen LogP contribution in [0.1, 0.15) is 10.4 Å². The zero-order chi connectivity index (χ0) is 12.1. The summed E-state index contributed by atoms with van der Waals surface area (Å²) in [6.45, 7) is -0.394. The Balaban J connectivity index is 2.69. The van der Waals surface area contributed by atoms with Crippen LogP contribution in [-0.4, -0.2) is 35.4 Å². The van der Waals surface area contributed by atoms with E-state index in [9.17, 15) is 4.79 Å². The third-order valence-corrected chi connectivity index (χ3v) is 2.64. The lowest BCUT2D eigenvalue weighted by Crippen LogP contribution is -2.34. The Kier molecular flexibility index (Phi) is 4.72. The van der Waals surface area contributed by atoms with Gasteiger partial charge in [0.25, 0.3) is 5.91 Å². The highest BCUT2D eigenvalue weighted by atomic mass is 79.9. The van der Waals surface area contributed by atoms with Crippen LogP contribution in [0.15, 0.2) is 22.7 Å². The number of carbonyl (C=O) groups excluding carboxylic acids is 1. The van der Waals surface area contributed by atoms with Crippen LogP contribution in [0, 0.1) is 0 Å². The van der Waals surface area contributed by atoms with E-state index in [1.54, 1.807) is 12.1 Å². The molecule has 0 saturated carbocycles. The van der Waals surface area contributed by atoms with Crippen molar-refractivity contribution in [1.82, 2.24) is 5.32 Å². The molecule has 6 heteroatoms. The maximum absolute atomic E-state index is 11.6. The van der Waals surface area contributed by atoms with Crippen molar-refractivity contribution in [1.29, 1.82) is 0 Å². The predicted octanol–water partition coefficient (Wildman–Crippen LogP) is 0.114. The van der Waals surface area contributed by atoms with Gasteiger partial charge < -0.3 is 21.3 Å². The standard InChI is InChI=1S/C10H13BrN2O3/c11-9-2-1-6(12)3-8(9)10(16)13-4-7(15)5-14/h1-3,7,14-15H,4-5,12H2,(H,13,16). The molecule has 0 aliphatic carbocycles. The molecule has 1 aromatic rings. The average Bonchev–Trinajstić information content (AvgIpc) is 2.28. The van der Waals surface area contributed by atoms with Crippen LogP contribution in [0.2, 0.25) is 0 Å². The molecule has 0 aliphatic rings.